The minimum Gasteiger partial charge on any atom is -0.489 e. The Hall–Kier alpha value is -6.26. The SMILES string of the molecule is N#Cc1ccc(-c2ccc(C[C@H](NC(=O)C3Cc4cc5c(cc4CN3C(=O)OC3CCOCC3)O[C@@H](c3ccc(OCc4ccc(Cl)c(Cl)c4)cc3)CO5)C(=O)O)cc2)cc1. The number of aliphatic carboxylic acids is 1. The zero-order chi connectivity index (χ0) is 42.5. The van der Waals surface area contributed by atoms with Gasteiger partial charge >= 0.3 is 12.1 Å². The number of benzene rings is 5. The summed E-state index contributed by atoms with van der Waals surface area (Å²) >= 11 is 12.2. The summed E-state index contributed by atoms with van der Waals surface area (Å²) in [5.41, 5.74) is 6.33. The molecular weight excluding hydrogens is 821 g/mol. The second kappa shape index (κ2) is 18.6. The average molecular weight is 863 g/mol. The van der Waals surface area contributed by atoms with Crippen molar-refractivity contribution in [2.75, 3.05) is 19.8 Å². The van der Waals surface area contributed by atoms with Gasteiger partial charge in [-0.2, -0.15) is 5.26 Å². The van der Waals surface area contributed by atoms with Crippen LogP contribution in [0.1, 0.15) is 52.3 Å². The van der Waals surface area contributed by atoms with Gasteiger partial charge in [0.15, 0.2) is 17.6 Å². The largest absolute Gasteiger partial charge is 0.489 e. The van der Waals surface area contributed by atoms with Crippen molar-refractivity contribution in [2.45, 2.75) is 63.1 Å². The van der Waals surface area contributed by atoms with E-state index in [4.69, 9.17) is 52.1 Å². The lowest BCUT2D eigenvalue weighted by Crippen LogP contribution is -2.56. The van der Waals surface area contributed by atoms with E-state index in [-0.39, 0.29) is 32.1 Å². The van der Waals surface area contributed by atoms with Crippen molar-refractivity contribution in [3.63, 3.8) is 0 Å². The summed E-state index contributed by atoms with van der Waals surface area (Å²) in [6, 6.07) is 30.8. The number of rotatable bonds is 11. The molecule has 1 saturated heterocycles. The van der Waals surface area contributed by atoms with Crippen LogP contribution in [0.25, 0.3) is 11.1 Å². The predicted molar refractivity (Wildman–Crippen MR) is 226 cm³/mol. The van der Waals surface area contributed by atoms with E-state index >= 15 is 0 Å². The highest BCUT2D eigenvalue weighted by Gasteiger charge is 2.39. The summed E-state index contributed by atoms with van der Waals surface area (Å²) in [6.45, 7) is 1.49. The van der Waals surface area contributed by atoms with Crippen LogP contribution in [-0.4, -0.2) is 66.0 Å². The van der Waals surface area contributed by atoms with Crippen LogP contribution in [-0.2, 0) is 45.1 Å². The lowest BCUT2D eigenvalue weighted by Gasteiger charge is -2.38. The van der Waals surface area contributed by atoms with Gasteiger partial charge in [0, 0.05) is 25.7 Å². The molecule has 5 aromatic rings. The van der Waals surface area contributed by atoms with Crippen molar-refractivity contribution in [1.82, 2.24) is 10.2 Å². The van der Waals surface area contributed by atoms with E-state index in [1.807, 2.05) is 78.9 Å². The molecule has 0 aliphatic carbocycles. The molecule has 3 aliphatic rings. The van der Waals surface area contributed by atoms with Gasteiger partial charge in [-0.3, -0.25) is 9.69 Å². The van der Waals surface area contributed by atoms with E-state index in [0.717, 1.165) is 33.4 Å². The molecule has 3 heterocycles. The number of carboxylic acid groups (broad SMARTS) is 1. The highest BCUT2D eigenvalue weighted by molar-refractivity contribution is 6.42. The van der Waals surface area contributed by atoms with Crippen LogP contribution in [0.3, 0.4) is 0 Å². The Kier molecular flexibility index (Phi) is 12.6. The monoisotopic (exact) mass is 861 g/mol. The molecule has 0 aromatic heterocycles. The Morgan fingerprint density at radius 3 is 2.23 bits per heavy atom. The fourth-order valence-corrected chi connectivity index (χ4v) is 7.92. The molecule has 0 spiro atoms. The molecule has 61 heavy (non-hydrogen) atoms. The van der Waals surface area contributed by atoms with Crippen molar-refractivity contribution in [2.24, 2.45) is 0 Å². The minimum absolute atomic E-state index is 0.0128. The van der Waals surface area contributed by atoms with Crippen molar-refractivity contribution >= 4 is 41.2 Å². The van der Waals surface area contributed by atoms with E-state index in [0.29, 0.717) is 71.1 Å². The summed E-state index contributed by atoms with van der Waals surface area (Å²) in [5, 5.41) is 23.0. The van der Waals surface area contributed by atoms with Gasteiger partial charge in [0.25, 0.3) is 0 Å². The molecule has 0 radical (unpaired) electrons. The number of hydrogen-bond donors (Lipinski definition) is 2. The Balaban J connectivity index is 0.963. The zero-order valence-corrected chi connectivity index (χ0v) is 34.4. The first-order valence-electron chi connectivity index (χ1n) is 19.9. The molecule has 3 aliphatic heterocycles. The number of nitrogens with one attached hydrogen (secondary N) is 1. The fourth-order valence-electron chi connectivity index (χ4n) is 7.59. The van der Waals surface area contributed by atoms with E-state index in [9.17, 15) is 19.5 Å². The molecule has 0 saturated carbocycles. The second-order valence-electron chi connectivity index (χ2n) is 15.1. The number of halogens is 2. The van der Waals surface area contributed by atoms with Crippen LogP contribution in [0.15, 0.2) is 103 Å². The number of nitrogens with zero attached hydrogens (tertiary/aromatic N) is 2. The third kappa shape index (κ3) is 9.87. The third-order valence-corrected chi connectivity index (χ3v) is 11.8. The molecule has 2 amide bonds. The van der Waals surface area contributed by atoms with Crippen LogP contribution >= 0.6 is 23.2 Å². The molecule has 2 N–H and O–H groups in total. The van der Waals surface area contributed by atoms with Gasteiger partial charge in [0.2, 0.25) is 5.91 Å². The van der Waals surface area contributed by atoms with Gasteiger partial charge in [-0.1, -0.05) is 77.8 Å². The number of amides is 2. The van der Waals surface area contributed by atoms with Crippen LogP contribution < -0.4 is 19.5 Å². The lowest BCUT2D eigenvalue weighted by molar-refractivity contribution is -0.142. The second-order valence-corrected chi connectivity index (χ2v) is 15.9. The number of hydrogen-bond acceptors (Lipinski definition) is 9. The molecule has 3 atom stereocenters. The van der Waals surface area contributed by atoms with E-state index in [1.165, 1.54) is 4.90 Å². The number of carboxylic acids is 1. The number of ether oxygens (including phenoxy) is 5. The van der Waals surface area contributed by atoms with E-state index in [2.05, 4.69) is 11.4 Å². The Morgan fingerprint density at radius 2 is 1.54 bits per heavy atom. The van der Waals surface area contributed by atoms with Crippen molar-refractivity contribution in [3.05, 3.63) is 147 Å². The topological polar surface area (TPSA) is 157 Å². The van der Waals surface area contributed by atoms with Crippen molar-refractivity contribution in [3.8, 4) is 34.4 Å². The first-order chi connectivity index (χ1) is 29.6. The number of fused-ring (bicyclic) bond motifs is 2. The predicted octanol–water partition coefficient (Wildman–Crippen LogP) is 8.48. The van der Waals surface area contributed by atoms with Crippen LogP contribution in [0.4, 0.5) is 4.79 Å². The highest BCUT2D eigenvalue weighted by Crippen LogP contribution is 2.41. The van der Waals surface area contributed by atoms with Crippen molar-refractivity contribution in [1.29, 1.82) is 5.26 Å². The number of nitriles is 1. The summed E-state index contributed by atoms with van der Waals surface area (Å²) in [7, 11) is 0. The Morgan fingerprint density at radius 1 is 0.852 bits per heavy atom. The van der Waals surface area contributed by atoms with Crippen LogP contribution in [0.2, 0.25) is 10.0 Å². The van der Waals surface area contributed by atoms with Crippen LogP contribution in [0, 0.1) is 11.3 Å². The molecule has 5 aromatic carbocycles. The zero-order valence-electron chi connectivity index (χ0n) is 32.9. The van der Waals surface area contributed by atoms with Gasteiger partial charge in [0.05, 0.1) is 41.4 Å². The standard InChI is InChI=1S/C47H41Cl2N3O9/c48-38-14-5-30(19-39(38)49)26-58-36-12-10-33(11-13-36)44-27-59-42-22-34-21-41(52(25-35(34)23-43(42)61-44)47(56)60-37-15-17-57-18-16-37)45(53)51-40(46(54)55)20-28-1-6-31(7-2-28)32-8-3-29(24-50)4-9-32/h1-14,19,22-23,37,40-41,44H,15-18,20-21,25-27H2,(H,51,53)(H,54,55)/t40-,41?,44+/m0/s1. The quantitative estimate of drug-likeness (QED) is 0.132. The molecule has 1 unspecified atom stereocenters. The molecular formula is C47H41Cl2N3O9. The first-order valence-corrected chi connectivity index (χ1v) is 20.7. The highest BCUT2D eigenvalue weighted by atomic mass is 35.5. The fraction of sp³-hybridized carbons (Fsp3) is 0.277. The van der Waals surface area contributed by atoms with Gasteiger partial charge in [-0.25, -0.2) is 9.59 Å². The summed E-state index contributed by atoms with van der Waals surface area (Å²) < 4.78 is 29.9. The average Bonchev–Trinajstić information content (AvgIpc) is 3.28. The maximum absolute atomic E-state index is 14.1. The number of carbonyl (C=O) groups is 3. The normalized spacial score (nSPS) is 17.6. The molecule has 12 nitrogen and oxygen atoms in total. The maximum Gasteiger partial charge on any atom is 0.411 e. The van der Waals surface area contributed by atoms with Gasteiger partial charge in [-0.15, -0.1) is 0 Å². The van der Waals surface area contributed by atoms with Gasteiger partial charge in [0.1, 0.15) is 37.2 Å². The Bertz CT molecular complexity index is 2450. The lowest BCUT2D eigenvalue weighted by atomic mass is 9.92. The van der Waals surface area contributed by atoms with E-state index < -0.39 is 36.2 Å². The molecule has 8 rings (SSSR count). The minimum atomic E-state index is -1.27. The maximum atomic E-state index is 14.1. The van der Waals surface area contributed by atoms with Crippen LogP contribution in [0.5, 0.6) is 17.2 Å². The van der Waals surface area contributed by atoms with E-state index in [1.54, 1.807) is 24.3 Å². The molecule has 312 valence electrons. The van der Waals surface area contributed by atoms with Crippen molar-refractivity contribution < 1.29 is 43.2 Å². The first kappa shape index (κ1) is 41.5. The summed E-state index contributed by atoms with van der Waals surface area (Å²) in [4.78, 5) is 41.9. The molecule has 1 fully saturated rings. The van der Waals surface area contributed by atoms with Gasteiger partial charge < -0.3 is 34.1 Å². The van der Waals surface area contributed by atoms with Gasteiger partial charge in [-0.05, 0) is 87.5 Å². The summed E-state index contributed by atoms with van der Waals surface area (Å²) in [5.74, 6) is -0.169. The summed E-state index contributed by atoms with van der Waals surface area (Å²) in [6.07, 6.45) is -0.300. The molecule has 0 bridgehead atoms. The smallest absolute Gasteiger partial charge is 0.411 e. The third-order valence-electron chi connectivity index (χ3n) is 11.0. The number of carbonyl (C=O) groups excluding carboxylic acids is 2. The molecule has 14 heteroatoms. The Labute approximate surface area is 362 Å².